The van der Waals surface area contributed by atoms with E-state index in [1.54, 1.807) is 12.4 Å². The third-order valence-corrected chi connectivity index (χ3v) is 4.37. The summed E-state index contributed by atoms with van der Waals surface area (Å²) in [6.07, 6.45) is 4.48. The summed E-state index contributed by atoms with van der Waals surface area (Å²) in [7, 11) is 0. The summed E-state index contributed by atoms with van der Waals surface area (Å²) >= 11 is 1.82. The Labute approximate surface area is 117 Å². The van der Waals surface area contributed by atoms with Gasteiger partial charge in [-0.2, -0.15) is 0 Å². The number of pyridine rings is 1. The monoisotopic (exact) mass is 272 g/mol. The van der Waals surface area contributed by atoms with Gasteiger partial charge in [-0.3, -0.25) is 4.98 Å². The van der Waals surface area contributed by atoms with Crippen LogP contribution in [0.5, 0.6) is 5.75 Å². The summed E-state index contributed by atoms with van der Waals surface area (Å²) in [4.78, 5) is 5.22. The van der Waals surface area contributed by atoms with Crippen molar-refractivity contribution in [1.29, 1.82) is 0 Å². The maximum absolute atomic E-state index is 6.28. The highest BCUT2D eigenvalue weighted by Gasteiger charge is 2.25. The summed E-state index contributed by atoms with van der Waals surface area (Å²) in [5.74, 6) is 1.86. The molecule has 0 saturated heterocycles. The number of thioether (sulfide) groups is 1. The molecule has 2 atom stereocenters. The molecule has 3 rings (SSSR count). The Hall–Kier alpha value is -1.52. The fourth-order valence-electron chi connectivity index (χ4n) is 2.17. The number of rotatable bonds is 3. The number of para-hydroxylation sites is 1. The molecule has 1 aromatic carbocycles. The minimum Gasteiger partial charge on any atom is -0.487 e. The van der Waals surface area contributed by atoms with Gasteiger partial charge in [0, 0.05) is 29.1 Å². The molecule has 0 bridgehead atoms. The van der Waals surface area contributed by atoms with E-state index in [2.05, 4.69) is 11.1 Å². The zero-order valence-corrected chi connectivity index (χ0v) is 11.3. The average molecular weight is 272 g/mol. The number of aromatic nitrogens is 1. The molecular weight excluding hydrogens is 256 g/mol. The van der Waals surface area contributed by atoms with E-state index in [0.717, 1.165) is 17.9 Å². The lowest BCUT2D eigenvalue weighted by atomic mass is 10.0. The molecule has 98 valence electrons. The Balaban J connectivity index is 1.68. The Morgan fingerprint density at radius 2 is 2.05 bits per heavy atom. The molecule has 0 radical (unpaired) electrons. The third-order valence-electron chi connectivity index (χ3n) is 3.23. The Kier molecular flexibility index (Phi) is 3.71. The molecule has 3 nitrogen and oxygen atoms in total. The summed E-state index contributed by atoms with van der Waals surface area (Å²) in [6, 6.07) is 12.1. The van der Waals surface area contributed by atoms with Crippen LogP contribution in [0, 0.1) is 0 Å². The number of nitrogens with two attached hydrogens (primary N) is 1. The maximum Gasteiger partial charge on any atom is 0.133 e. The topological polar surface area (TPSA) is 48.1 Å². The second-order valence-corrected chi connectivity index (χ2v) is 5.70. The molecule has 0 fully saturated rings. The van der Waals surface area contributed by atoms with Crippen molar-refractivity contribution in [1.82, 2.24) is 4.98 Å². The molecule has 1 aliphatic rings. The largest absolute Gasteiger partial charge is 0.487 e. The molecule has 4 heteroatoms. The molecule has 1 aromatic heterocycles. The maximum atomic E-state index is 6.28. The molecule has 0 amide bonds. The molecule has 0 spiro atoms. The van der Waals surface area contributed by atoms with Gasteiger partial charge in [0.25, 0.3) is 0 Å². The highest BCUT2D eigenvalue weighted by Crippen LogP contribution is 2.35. The van der Waals surface area contributed by atoms with Crippen LogP contribution < -0.4 is 10.5 Å². The van der Waals surface area contributed by atoms with Crippen LogP contribution in [0.25, 0.3) is 0 Å². The van der Waals surface area contributed by atoms with Crippen molar-refractivity contribution in [3.63, 3.8) is 0 Å². The van der Waals surface area contributed by atoms with Crippen LogP contribution in [0.2, 0.25) is 0 Å². The van der Waals surface area contributed by atoms with E-state index in [1.807, 2.05) is 42.1 Å². The quantitative estimate of drug-likeness (QED) is 0.932. The minimum atomic E-state index is 0.00301. The number of fused-ring (bicyclic) bond motifs is 1. The van der Waals surface area contributed by atoms with Gasteiger partial charge in [-0.15, -0.1) is 11.8 Å². The van der Waals surface area contributed by atoms with Crippen molar-refractivity contribution in [2.45, 2.75) is 23.5 Å². The van der Waals surface area contributed by atoms with Crippen LogP contribution in [0.3, 0.4) is 0 Å². The molecule has 2 aromatic rings. The lowest BCUT2D eigenvalue weighted by Gasteiger charge is -2.29. The smallest absolute Gasteiger partial charge is 0.133 e. The number of ether oxygens (including phenoxy) is 1. The molecule has 0 aliphatic carbocycles. The molecular formula is C15H16N2OS. The van der Waals surface area contributed by atoms with Gasteiger partial charge >= 0.3 is 0 Å². The first-order chi connectivity index (χ1) is 9.33. The van der Waals surface area contributed by atoms with Crippen molar-refractivity contribution in [3.8, 4) is 5.75 Å². The highest BCUT2D eigenvalue weighted by molar-refractivity contribution is 7.99. The standard InChI is InChI=1S/C15H16N2OS/c16-12(9-11-5-7-17-8-6-11)14-10-19-15-4-2-1-3-13(15)18-14/h1-8,12,14H,9-10,16H2. The normalized spacial score (nSPS) is 19.3. The molecule has 2 N–H and O–H groups in total. The van der Waals surface area contributed by atoms with Crippen LogP contribution in [-0.2, 0) is 6.42 Å². The fourth-order valence-corrected chi connectivity index (χ4v) is 3.26. The van der Waals surface area contributed by atoms with E-state index < -0.39 is 0 Å². The number of hydrogen-bond acceptors (Lipinski definition) is 4. The number of hydrogen-bond donors (Lipinski definition) is 1. The van der Waals surface area contributed by atoms with E-state index in [4.69, 9.17) is 10.5 Å². The highest BCUT2D eigenvalue weighted by atomic mass is 32.2. The summed E-state index contributed by atoms with van der Waals surface area (Å²) in [5.41, 5.74) is 7.48. The van der Waals surface area contributed by atoms with Crippen LogP contribution in [-0.4, -0.2) is 22.9 Å². The first-order valence-corrected chi connectivity index (χ1v) is 7.34. The molecule has 2 unspecified atom stereocenters. The van der Waals surface area contributed by atoms with Gasteiger partial charge in [0.15, 0.2) is 0 Å². The SMILES string of the molecule is NC(Cc1ccncc1)C1CSc2ccccc2O1. The predicted molar refractivity (Wildman–Crippen MR) is 77.5 cm³/mol. The zero-order chi connectivity index (χ0) is 13.1. The van der Waals surface area contributed by atoms with E-state index in [1.165, 1.54) is 10.5 Å². The Morgan fingerprint density at radius 1 is 1.26 bits per heavy atom. The first kappa shape index (κ1) is 12.5. The van der Waals surface area contributed by atoms with Crippen molar-refractivity contribution in [3.05, 3.63) is 54.4 Å². The lowest BCUT2D eigenvalue weighted by molar-refractivity contribution is 0.184. The molecule has 1 aliphatic heterocycles. The third kappa shape index (κ3) is 2.91. The van der Waals surface area contributed by atoms with Gasteiger partial charge in [0.05, 0.1) is 0 Å². The van der Waals surface area contributed by atoms with Crippen LogP contribution in [0.15, 0.2) is 53.7 Å². The summed E-state index contributed by atoms with van der Waals surface area (Å²) in [6.45, 7) is 0. The Bertz CT molecular complexity index is 547. The molecule has 2 heterocycles. The van der Waals surface area contributed by atoms with Gasteiger partial charge in [-0.1, -0.05) is 12.1 Å². The first-order valence-electron chi connectivity index (χ1n) is 6.36. The molecule has 19 heavy (non-hydrogen) atoms. The van der Waals surface area contributed by atoms with Crippen molar-refractivity contribution >= 4 is 11.8 Å². The van der Waals surface area contributed by atoms with E-state index in [-0.39, 0.29) is 12.1 Å². The van der Waals surface area contributed by atoms with Gasteiger partial charge in [-0.25, -0.2) is 0 Å². The molecule has 0 saturated carbocycles. The number of benzene rings is 1. The predicted octanol–water partition coefficient (Wildman–Crippen LogP) is 2.50. The van der Waals surface area contributed by atoms with E-state index in [9.17, 15) is 0 Å². The summed E-state index contributed by atoms with van der Waals surface area (Å²) in [5, 5.41) is 0. The van der Waals surface area contributed by atoms with Gasteiger partial charge in [-0.05, 0) is 36.2 Å². The zero-order valence-electron chi connectivity index (χ0n) is 10.5. The van der Waals surface area contributed by atoms with Crippen LogP contribution in [0.1, 0.15) is 5.56 Å². The van der Waals surface area contributed by atoms with Crippen molar-refractivity contribution in [2.24, 2.45) is 5.73 Å². The fraction of sp³-hybridized carbons (Fsp3) is 0.267. The summed E-state index contributed by atoms with van der Waals surface area (Å²) < 4.78 is 6.00. The van der Waals surface area contributed by atoms with Crippen molar-refractivity contribution < 1.29 is 4.74 Å². The Morgan fingerprint density at radius 3 is 2.89 bits per heavy atom. The van der Waals surface area contributed by atoms with E-state index >= 15 is 0 Å². The van der Waals surface area contributed by atoms with E-state index in [0.29, 0.717) is 0 Å². The van der Waals surface area contributed by atoms with Gasteiger partial charge < -0.3 is 10.5 Å². The second-order valence-electron chi connectivity index (χ2n) is 4.64. The van der Waals surface area contributed by atoms with Crippen LogP contribution >= 0.6 is 11.8 Å². The van der Waals surface area contributed by atoms with Crippen molar-refractivity contribution in [2.75, 3.05) is 5.75 Å². The van der Waals surface area contributed by atoms with Gasteiger partial charge in [0.2, 0.25) is 0 Å². The van der Waals surface area contributed by atoms with Crippen LogP contribution in [0.4, 0.5) is 0 Å². The number of nitrogens with zero attached hydrogens (tertiary/aromatic N) is 1. The second kappa shape index (κ2) is 5.63. The van der Waals surface area contributed by atoms with Gasteiger partial charge in [0.1, 0.15) is 11.9 Å². The average Bonchev–Trinajstić information content (AvgIpc) is 2.48. The minimum absolute atomic E-state index is 0.00301. The lowest BCUT2D eigenvalue weighted by Crippen LogP contribution is -2.43.